The van der Waals surface area contributed by atoms with E-state index in [9.17, 15) is 8.78 Å². The van der Waals surface area contributed by atoms with Crippen LogP contribution in [-0.4, -0.2) is 6.04 Å². The van der Waals surface area contributed by atoms with Crippen LogP contribution in [0.15, 0.2) is 42.5 Å². The summed E-state index contributed by atoms with van der Waals surface area (Å²) >= 11 is 0. The van der Waals surface area contributed by atoms with Crippen molar-refractivity contribution in [2.45, 2.75) is 31.7 Å². The molecular weight excluding hydrogens is 256 g/mol. The van der Waals surface area contributed by atoms with E-state index in [1.165, 1.54) is 29.3 Å². The molecule has 1 aliphatic rings. The monoisotopic (exact) mass is 273 g/mol. The topological polar surface area (TPSA) is 12.0 Å². The van der Waals surface area contributed by atoms with E-state index in [1.807, 2.05) is 0 Å². The van der Waals surface area contributed by atoms with Crippen molar-refractivity contribution in [1.82, 2.24) is 0 Å². The fraction of sp³-hybridized carbons (Fsp3) is 0.294. The van der Waals surface area contributed by atoms with Gasteiger partial charge in [-0.15, -0.1) is 0 Å². The highest BCUT2D eigenvalue weighted by Crippen LogP contribution is 2.39. The fourth-order valence-electron chi connectivity index (χ4n) is 2.77. The molecule has 20 heavy (non-hydrogen) atoms. The molecule has 2 aromatic carbocycles. The Kier molecular flexibility index (Phi) is 3.43. The van der Waals surface area contributed by atoms with Crippen LogP contribution in [-0.2, 0) is 0 Å². The van der Waals surface area contributed by atoms with Crippen LogP contribution >= 0.6 is 0 Å². The minimum absolute atomic E-state index is 0.000178. The average Bonchev–Trinajstić information content (AvgIpc) is 2.36. The van der Waals surface area contributed by atoms with Crippen LogP contribution in [0.5, 0.6) is 0 Å². The minimum atomic E-state index is -0.524. The zero-order chi connectivity index (χ0) is 14.1. The van der Waals surface area contributed by atoms with E-state index in [-0.39, 0.29) is 11.7 Å². The highest BCUT2D eigenvalue weighted by molar-refractivity contribution is 5.47. The Hall–Kier alpha value is -1.90. The SMILES string of the molecule is Cc1cccc(C2CC(Nc3c(F)cccc3F)C2)c1. The van der Waals surface area contributed by atoms with Crippen LogP contribution in [0.2, 0.25) is 0 Å². The average molecular weight is 273 g/mol. The van der Waals surface area contributed by atoms with Crippen LogP contribution in [0, 0.1) is 18.6 Å². The summed E-state index contributed by atoms with van der Waals surface area (Å²) in [7, 11) is 0. The van der Waals surface area contributed by atoms with Crippen molar-refractivity contribution in [2.24, 2.45) is 0 Å². The normalized spacial score (nSPS) is 21.4. The van der Waals surface area contributed by atoms with Crippen LogP contribution < -0.4 is 5.32 Å². The first-order valence-electron chi connectivity index (χ1n) is 6.90. The van der Waals surface area contributed by atoms with Gasteiger partial charge < -0.3 is 5.32 Å². The summed E-state index contributed by atoms with van der Waals surface area (Å²) in [5.74, 6) is -0.560. The van der Waals surface area contributed by atoms with Gasteiger partial charge in [-0.2, -0.15) is 0 Å². The van der Waals surface area contributed by atoms with Gasteiger partial charge in [0.05, 0.1) is 0 Å². The Morgan fingerprint density at radius 2 is 1.65 bits per heavy atom. The molecule has 0 aliphatic heterocycles. The molecule has 2 aromatic rings. The Bertz CT molecular complexity index is 598. The molecule has 0 spiro atoms. The first kappa shape index (κ1) is 13.1. The minimum Gasteiger partial charge on any atom is -0.378 e. The zero-order valence-electron chi connectivity index (χ0n) is 11.4. The molecule has 0 unspecified atom stereocenters. The lowest BCUT2D eigenvalue weighted by Gasteiger charge is -2.37. The zero-order valence-corrected chi connectivity index (χ0v) is 11.4. The van der Waals surface area contributed by atoms with Crippen molar-refractivity contribution in [1.29, 1.82) is 0 Å². The van der Waals surface area contributed by atoms with Crippen molar-refractivity contribution in [3.63, 3.8) is 0 Å². The number of aryl methyl sites for hydroxylation is 1. The van der Waals surface area contributed by atoms with Gasteiger partial charge in [0.15, 0.2) is 0 Å². The lowest BCUT2D eigenvalue weighted by Crippen LogP contribution is -2.34. The van der Waals surface area contributed by atoms with Gasteiger partial charge in [0.2, 0.25) is 0 Å². The third-order valence-corrected chi connectivity index (χ3v) is 3.96. The van der Waals surface area contributed by atoms with Gasteiger partial charge >= 0.3 is 0 Å². The van der Waals surface area contributed by atoms with Crippen molar-refractivity contribution < 1.29 is 8.78 Å². The molecule has 104 valence electrons. The van der Waals surface area contributed by atoms with E-state index in [0.29, 0.717) is 5.92 Å². The molecule has 0 amide bonds. The molecule has 0 radical (unpaired) electrons. The smallest absolute Gasteiger partial charge is 0.149 e. The van der Waals surface area contributed by atoms with E-state index >= 15 is 0 Å². The van der Waals surface area contributed by atoms with Gasteiger partial charge in [0.25, 0.3) is 0 Å². The van der Waals surface area contributed by atoms with Crippen molar-refractivity contribution in [3.8, 4) is 0 Å². The van der Waals surface area contributed by atoms with Gasteiger partial charge in [-0.1, -0.05) is 35.9 Å². The molecule has 0 bridgehead atoms. The number of hydrogen-bond acceptors (Lipinski definition) is 1. The lowest BCUT2D eigenvalue weighted by atomic mass is 9.75. The van der Waals surface area contributed by atoms with Gasteiger partial charge in [-0.25, -0.2) is 8.78 Å². The second kappa shape index (κ2) is 5.23. The molecule has 0 saturated heterocycles. The van der Waals surface area contributed by atoms with Crippen LogP contribution in [0.25, 0.3) is 0 Å². The second-order valence-electron chi connectivity index (χ2n) is 5.52. The molecule has 1 fully saturated rings. The summed E-state index contributed by atoms with van der Waals surface area (Å²) in [4.78, 5) is 0. The quantitative estimate of drug-likeness (QED) is 0.859. The van der Waals surface area contributed by atoms with Crippen LogP contribution in [0.4, 0.5) is 14.5 Å². The molecule has 0 atom stereocenters. The highest BCUT2D eigenvalue weighted by atomic mass is 19.1. The maximum atomic E-state index is 13.5. The summed E-state index contributed by atoms with van der Waals surface area (Å²) < 4.78 is 27.1. The summed E-state index contributed by atoms with van der Waals surface area (Å²) in [6, 6.07) is 12.5. The molecule has 1 saturated carbocycles. The Balaban J connectivity index is 1.64. The highest BCUT2D eigenvalue weighted by Gasteiger charge is 2.31. The maximum absolute atomic E-state index is 13.5. The van der Waals surface area contributed by atoms with E-state index in [0.717, 1.165) is 12.8 Å². The number of benzene rings is 2. The Labute approximate surface area is 117 Å². The predicted molar refractivity (Wildman–Crippen MR) is 76.9 cm³/mol. The Morgan fingerprint density at radius 1 is 1.00 bits per heavy atom. The second-order valence-corrected chi connectivity index (χ2v) is 5.52. The standard InChI is InChI=1S/C17H17F2N/c1-11-4-2-5-12(8-11)13-9-14(10-13)20-17-15(18)6-3-7-16(17)19/h2-8,13-14,20H,9-10H2,1H3. The number of hydrogen-bond donors (Lipinski definition) is 1. The molecule has 0 heterocycles. The van der Waals surface area contributed by atoms with Crippen molar-refractivity contribution >= 4 is 5.69 Å². The molecular formula is C17H17F2N. The van der Waals surface area contributed by atoms with Gasteiger partial charge in [-0.3, -0.25) is 0 Å². The third kappa shape index (κ3) is 2.53. The summed E-state index contributed by atoms with van der Waals surface area (Å²) in [5.41, 5.74) is 2.57. The molecule has 3 rings (SSSR count). The maximum Gasteiger partial charge on any atom is 0.149 e. The van der Waals surface area contributed by atoms with Gasteiger partial charge in [0.1, 0.15) is 17.3 Å². The number of nitrogens with one attached hydrogen (secondary N) is 1. The molecule has 3 heteroatoms. The molecule has 1 N–H and O–H groups in total. The summed E-state index contributed by atoms with van der Waals surface area (Å²) in [5, 5.41) is 2.98. The van der Waals surface area contributed by atoms with Crippen LogP contribution in [0.3, 0.4) is 0 Å². The Morgan fingerprint density at radius 3 is 2.30 bits per heavy atom. The fourth-order valence-corrected chi connectivity index (χ4v) is 2.77. The molecule has 0 aromatic heterocycles. The van der Waals surface area contributed by atoms with Gasteiger partial charge in [-0.05, 0) is 43.4 Å². The first-order valence-corrected chi connectivity index (χ1v) is 6.90. The summed E-state index contributed by atoms with van der Waals surface area (Å²) in [6.45, 7) is 2.08. The van der Waals surface area contributed by atoms with E-state index in [1.54, 1.807) is 0 Å². The van der Waals surface area contributed by atoms with E-state index in [2.05, 4.69) is 36.5 Å². The number of para-hydroxylation sites is 1. The predicted octanol–water partition coefficient (Wildman–Crippen LogP) is 4.63. The first-order chi connectivity index (χ1) is 9.63. The number of halogens is 2. The largest absolute Gasteiger partial charge is 0.378 e. The molecule has 1 nitrogen and oxygen atoms in total. The lowest BCUT2D eigenvalue weighted by molar-refractivity contribution is 0.371. The third-order valence-electron chi connectivity index (χ3n) is 3.96. The van der Waals surface area contributed by atoms with Crippen molar-refractivity contribution in [3.05, 3.63) is 65.2 Å². The molecule has 1 aliphatic carbocycles. The number of anilines is 1. The summed E-state index contributed by atoms with van der Waals surface area (Å²) in [6.07, 6.45) is 1.83. The van der Waals surface area contributed by atoms with Crippen LogP contribution in [0.1, 0.15) is 29.9 Å². The van der Waals surface area contributed by atoms with Gasteiger partial charge in [0, 0.05) is 6.04 Å². The van der Waals surface area contributed by atoms with E-state index < -0.39 is 11.6 Å². The van der Waals surface area contributed by atoms with Crippen molar-refractivity contribution in [2.75, 3.05) is 5.32 Å². The number of rotatable bonds is 3. The van der Waals surface area contributed by atoms with E-state index in [4.69, 9.17) is 0 Å².